The Labute approximate surface area is 118 Å². The number of anilines is 1. The summed E-state index contributed by atoms with van der Waals surface area (Å²) in [6.07, 6.45) is 2.71. The summed E-state index contributed by atoms with van der Waals surface area (Å²) in [7, 11) is 2.06. The summed E-state index contributed by atoms with van der Waals surface area (Å²) in [5.41, 5.74) is 8.23. The van der Waals surface area contributed by atoms with Crippen molar-refractivity contribution >= 4 is 11.7 Å². The number of ether oxygens (including phenoxy) is 1. The number of hydrogen-bond acceptors (Lipinski definition) is 4. The molecule has 2 aliphatic heterocycles. The van der Waals surface area contributed by atoms with Crippen molar-refractivity contribution in [3.8, 4) is 5.75 Å². The number of fused-ring (bicyclic) bond motifs is 3. The molecular weight excluding hydrogens is 256 g/mol. The lowest BCUT2D eigenvalue weighted by atomic mass is 9.85. The molecule has 0 saturated heterocycles. The van der Waals surface area contributed by atoms with Crippen LogP contribution in [0.1, 0.15) is 24.0 Å². The molecule has 1 atom stereocenters. The zero-order valence-electron chi connectivity index (χ0n) is 11.7. The van der Waals surface area contributed by atoms with Gasteiger partial charge >= 0.3 is 5.97 Å². The lowest BCUT2D eigenvalue weighted by Crippen LogP contribution is -2.50. The van der Waals surface area contributed by atoms with Crippen molar-refractivity contribution in [1.82, 2.24) is 0 Å². The van der Waals surface area contributed by atoms with E-state index in [1.54, 1.807) is 0 Å². The molecule has 0 bridgehead atoms. The van der Waals surface area contributed by atoms with Gasteiger partial charge in [-0.3, -0.25) is 4.79 Å². The largest absolute Gasteiger partial charge is 0.493 e. The van der Waals surface area contributed by atoms with Gasteiger partial charge in [0.1, 0.15) is 11.3 Å². The van der Waals surface area contributed by atoms with Gasteiger partial charge in [0.05, 0.1) is 6.61 Å². The fourth-order valence-corrected chi connectivity index (χ4v) is 3.17. The van der Waals surface area contributed by atoms with E-state index in [1.165, 1.54) is 11.3 Å². The van der Waals surface area contributed by atoms with Crippen molar-refractivity contribution in [2.75, 3.05) is 25.1 Å². The second-order valence-electron chi connectivity index (χ2n) is 5.80. The standard InChI is InChI=1S/C15H20N2O3/c1-17-7-2-3-10-11-9-15(16,14(18)19)6-8-20-13(11)5-4-12(10)17/h4-5H,2-3,6-9,16H2,1H3,(H,18,19). The van der Waals surface area contributed by atoms with Crippen molar-refractivity contribution in [3.63, 3.8) is 0 Å². The first-order chi connectivity index (χ1) is 9.51. The molecule has 5 nitrogen and oxygen atoms in total. The minimum Gasteiger partial charge on any atom is -0.493 e. The fourth-order valence-electron chi connectivity index (χ4n) is 3.17. The van der Waals surface area contributed by atoms with Gasteiger partial charge in [0.2, 0.25) is 0 Å². The molecule has 0 spiro atoms. The summed E-state index contributed by atoms with van der Waals surface area (Å²) in [5.74, 6) is -0.150. The number of aliphatic carboxylic acids is 1. The molecular formula is C15H20N2O3. The van der Waals surface area contributed by atoms with Crippen LogP contribution in [0.25, 0.3) is 0 Å². The van der Waals surface area contributed by atoms with Gasteiger partial charge in [-0.15, -0.1) is 0 Å². The Morgan fingerprint density at radius 1 is 1.45 bits per heavy atom. The molecule has 0 aromatic heterocycles. The molecule has 0 radical (unpaired) electrons. The molecule has 2 heterocycles. The molecule has 0 saturated carbocycles. The molecule has 2 aliphatic rings. The average Bonchev–Trinajstić information content (AvgIpc) is 2.58. The van der Waals surface area contributed by atoms with E-state index in [-0.39, 0.29) is 0 Å². The maximum Gasteiger partial charge on any atom is 0.324 e. The predicted molar refractivity (Wildman–Crippen MR) is 76.4 cm³/mol. The minimum atomic E-state index is -1.23. The first kappa shape index (κ1) is 13.2. The third kappa shape index (κ3) is 2.02. The Bertz CT molecular complexity index is 558. The Morgan fingerprint density at radius 3 is 3.00 bits per heavy atom. The normalized spacial score (nSPS) is 25.2. The topological polar surface area (TPSA) is 75.8 Å². The lowest BCUT2D eigenvalue weighted by Gasteiger charge is -2.31. The Morgan fingerprint density at radius 2 is 2.25 bits per heavy atom. The third-order valence-electron chi connectivity index (χ3n) is 4.42. The Kier molecular flexibility index (Phi) is 3.09. The summed E-state index contributed by atoms with van der Waals surface area (Å²) in [6.45, 7) is 1.38. The first-order valence-electron chi connectivity index (χ1n) is 7.02. The molecule has 3 rings (SSSR count). The van der Waals surface area contributed by atoms with E-state index >= 15 is 0 Å². The molecule has 108 valence electrons. The van der Waals surface area contributed by atoms with E-state index in [4.69, 9.17) is 10.5 Å². The maximum atomic E-state index is 11.5. The summed E-state index contributed by atoms with van der Waals surface area (Å²) >= 11 is 0. The van der Waals surface area contributed by atoms with Gasteiger partial charge < -0.3 is 20.5 Å². The summed E-state index contributed by atoms with van der Waals surface area (Å²) in [5, 5.41) is 9.41. The second-order valence-corrected chi connectivity index (χ2v) is 5.80. The summed E-state index contributed by atoms with van der Waals surface area (Å²) in [4.78, 5) is 13.7. The summed E-state index contributed by atoms with van der Waals surface area (Å²) in [6, 6.07) is 4.02. The zero-order valence-corrected chi connectivity index (χ0v) is 11.7. The number of nitrogens with zero attached hydrogens (tertiary/aromatic N) is 1. The number of carboxylic acid groups (broad SMARTS) is 1. The van der Waals surface area contributed by atoms with Gasteiger partial charge in [0.15, 0.2) is 0 Å². The van der Waals surface area contributed by atoms with Crippen LogP contribution in [0.3, 0.4) is 0 Å². The smallest absolute Gasteiger partial charge is 0.324 e. The number of nitrogens with two attached hydrogens (primary N) is 1. The predicted octanol–water partition coefficient (Wildman–Crippen LogP) is 1.18. The van der Waals surface area contributed by atoms with Gasteiger partial charge in [0.25, 0.3) is 0 Å². The first-order valence-corrected chi connectivity index (χ1v) is 7.02. The van der Waals surface area contributed by atoms with E-state index in [9.17, 15) is 9.90 Å². The quantitative estimate of drug-likeness (QED) is 0.805. The van der Waals surface area contributed by atoms with Crippen molar-refractivity contribution in [2.45, 2.75) is 31.2 Å². The van der Waals surface area contributed by atoms with Gasteiger partial charge in [-0.25, -0.2) is 0 Å². The van der Waals surface area contributed by atoms with E-state index in [1.807, 2.05) is 6.07 Å². The van der Waals surface area contributed by atoms with E-state index < -0.39 is 11.5 Å². The molecule has 0 amide bonds. The lowest BCUT2D eigenvalue weighted by molar-refractivity contribution is -0.143. The number of carboxylic acids is 1. The maximum absolute atomic E-state index is 11.5. The van der Waals surface area contributed by atoms with Crippen LogP contribution in [0, 0.1) is 0 Å². The van der Waals surface area contributed by atoms with Gasteiger partial charge in [-0.05, 0) is 30.5 Å². The third-order valence-corrected chi connectivity index (χ3v) is 4.42. The van der Waals surface area contributed by atoms with Crippen LogP contribution in [0.4, 0.5) is 5.69 Å². The molecule has 1 aromatic rings. The average molecular weight is 276 g/mol. The highest BCUT2D eigenvalue weighted by molar-refractivity contribution is 5.80. The zero-order chi connectivity index (χ0) is 14.3. The number of rotatable bonds is 1. The SMILES string of the molecule is CN1CCCc2c1ccc1c2CC(N)(C(=O)O)CCO1. The molecule has 1 unspecified atom stereocenters. The number of hydrogen-bond donors (Lipinski definition) is 2. The van der Waals surface area contributed by atoms with Gasteiger partial charge in [-0.2, -0.15) is 0 Å². The molecule has 1 aromatic carbocycles. The van der Waals surface area contributed by atoms with Gasteiger partial charge in [0, 0.05) is 37.7 Å². The Hall–Kier alpha value is -1.75. The van der Waals surface area contributed by atoms with Crippen LogP contribution in [0.2, 0.25) is 0 Å². The van der Waals surface area contributed by atoms with Gasteiger partial charge in [-0.1, -0.05) is 0 Å². The highest BCUT2D eigenvalue weighted by Gasteiger charge is 2.38. The highest BCUT2D eigenvalue weighted by Crippen LogP contribution is 2.38. The van der Waals surface area contributed by atoms with Crippen LogP contribution >= 0.6 is 0 Å². The fraction of sp³-hybridized carbons (Fsp3) is 0.533. The Balaban J connectivity index is 2.10. The van der Waals surface area contributed by atoms with Crippen molar-refractivity contribution in [3.05, 3.63) is 23.3 Å². The van der Waals surface area contributed by atoms with Crippen LogP contribution in [-0.2, 0) is 17.6 Å². The van der Waals surface area contributed by atoms with Crippen LogP contribution in [-0.4, -0.2) is 36.8 Å². The van der Waals surface area contributed by atoms with Crippen LogP contribution in [0.5, 0.6) is 5.75 Å². The van der Waals surface area contributed by atoms with Crippen molar-refractivity contribution < 1.29 is 14.6 Å². The van der Waals surface area contributed by atoms with Crippen molar-refractivity contribution in [1.29, 1.82) is 0 Å². The molecule has 5 heteroatoms. The van der Waals surface area contributed by atoms with E-state index in [2.05, 4.69) is 18.0 Å². The molecule has 20 heavy (non-hydrogen) atoms. The number of carbonyl (C=O) groups is 1. The number of benzene rings is 1. The van der Waals surface area contributed by atoms with Crippen LogP contribution < -0.4 is 15.4 Å². The van der Waals surface area contributed by atoms with E-state index in [0.717, 1.165) is 30.7 Å². The monoisotopic (exact) mass is 276 g/mol. The van der Waals surface area contributed by atoms with Crippen LogP contribution in [0.15, 0.2) is 12.1 Å². The highest BCUT2D eigenvalue weighted by atomic mass is 16.5. The van der Waals surface area contributed by atoms with Crippen molar-refractivity contribution in [2.24, 2.45) is 5.73 Å². The second kappa shape index (κ2) is 4.66. The molecule has 0 fully saturated rings. The van der Waals surface area contributed by atoms with E-state index in [0.29, 0.717) is 19.4 Å². The summed E-state index contributed by atoms with van der Waals surface area (Å²) < 4.78 is 5.73. The molecule has 3 N–H and O–H groups in total. The molecule has 0 aliphatic carbocycles. The minimum absolute atomic E-state index is 0.335.